The van der Waals surface area contributed by atoms with E-state index in [1.54, 1.807) is 31.3 Å². The lowest BCUT2D eigenvalue weighted by atomic mass is 10.2. The Balaban J connectivity index is 2.40. The highest BCUT2D eigenvalue weighted by molar-refractivity contribution is 8.02. The highest BCUT2D eigenvalue weighted by atomic mass is 35.5. The first kappa shape index (κ1) is 14.4. The second kappa shape index (κ2) is 6.46. The minimum absolute atomic E-state index is 0.191. The number of benzene rings is 1. The Labute approximate surface area is 125 Å². The van der Waals surface area contributed by atoms with E-state index < -0.39 is 0 Å². The van der Waals surface area contributed by atoms with Crippen LogP contribution in [0.2, 0.25) is 5.02 Å². The van der Waals surface area contributed by atoms with Crippen LogP contribution in [0.4, 0.5) is 0 Å². The average molecular weight is 307 g/mol. The molecule has 102 valence electrons. The molecule has 1 N–H and O–H groups in total. The number of nitrogens with zero attached hydrogens (tertiary/aromatic N) is 3. The smallest absolute Gasteiger partial charge is 0.271 e. The number of hydrogen-bond acceptors (Lipinski definition) is 6. The fourth-order valence-electron chi connectivity index (χ4n) is 1.57. The monoisotopic (exact) mass is 306 g/mol. The van der Waals surface area contributed by atoms with Crippen LogP contribution in [0.15, 0.2) is 33.8 Å². The van der Waals surface area contributed by atoms with Gasteiger partial charge in [0.1, 0.15) is 11.6 Å². The second-order valence-corrected chi connectivity index (χ2v) is 4.95. The van der Waals surface area contributed by atoms with Gasteiger partial charge in [-0.3, -0.25) is 0 Å². The van der Waals surface area contributed by atoms with Gasteiger partial charge < -0.3 is 9.84 Å². The standard InChI is InChI=1S/C13H11ClN4OS/c1-16-13(20-2)10(7-15)12-17-11(18-19-12)8-3-5-9(14)6-4-8/h3-6,16H,1-2H3. The maximum Gasteiger partial charge on any atom is 0.271 e. The largest absolute Gasteiger partial charge is 0.382 e. The molecular formula is C13H11ClN4OS. The van der Waals surface area contributed by atoms with Crippen LogP contribution in [0.3, 0.4) is 0 Å². The molecule has 0 aliphatic rings. The molecule has 0 fully saturated rings. The van der Waals surface area contributed by atoms with Crippen LogP contribution in [0, 0.1) is 11.3 Å². The summed E-state index contributed by atoms with van der Waals surface area (Å²) < 4.78 is 5.16. The number of thioether (sulfide) groups is 1. The van der Waals surface area contributed by atoms with Gasteiger partial charge in [-0.15, -0.1) is 11.8 Å². The van der Waals surface area contributed by atoms with Gasteiger partial charge in [0.25, 0.3) is 5.89 Å². The fourth-order valence-corrected chi connectivity index (χ4v) is 2.23. The molecule has 0 saturated carbocycles. The molecule has 1 aromatic heterocycles. The molecule has 2 rings (SSSR count). The van der Waals surface area contributed by atoms with Crippen LogP contribution >= 0.6 is 23.4 Å². The van der Waals surface area contributed by atoms with Gasteiger partial charge in [-0.05, 0) is 30.5 Å². The van der Waals surface area contributed by atoms with E-state index in [1.807, 2.05) is 6.26 Å². The third kappa shape index (κ3) is 2.95. The number of rotatable bonds is 4. The summed E-state index contributed by atoms with van der Waals surface area (Å²) in [6.07, 6.45) is 1.86. The molecule has 0 bridgehead atoms. The summed E-state index contributed by atoms with van der Waals surface area (Å²) in [4.78, 5) is 4.24. The summed E-state index contributed by atoms with van der Waals surface area (Å²) >= 11 is 7.24. The molecule has 5 nitrogen and oxygen atoms in total. The zero-order chi connectivity index (χ0) is 14.5. The topological polar surface area (TPSA) is 74.7 Å². The van der Waals surface area contributed by atoms with E-state index in [0.717, 1.165) is 5.56 Å². The van der Waals surface area contributed by atoms with Crippen molar-refractivity contribution in [2.75, 3.05) is 13.3 Å². The van der Waals surface area contributed by atoms with Gasteiger partial charge in [0.05, 0.1) is 5.03 Å². The van der Waals surface area contributed by atoms with Crippen molar-refractivity contribution < 1.29 is 4.52 Å². The SMILES string of the molecule is CNC(SC)=C(C#N)c1nc(-c2ccc(Cl)cc2)no1. The molecule has 0 radical (unpaired) electrons. The van der Waals surface area contributed by atoms with Crippen LogP contribution in [0.25, 0.3) is 17.0 Å². The number of nitriles is 1. The van der Waals surface area contributed by atoms with Gasteiger partial charge in [-0.25, -0.2) is 0 Å². The van der Waals surface area contributed by atoms with Gasteiger partial charge in [0.2, 0.25) is 5.82 Å². The number of nitrogens with one attached hydrogen (secondary N) is 1. The first-order valence-electron chi connectivity index (χ1n) is 5.65. The summed E-state index contributed by atoms with van der Waals surface area (Å²) in [5, 5.41) is 17.4. The van der Waals surface area contributed by atoms with Crippen LogP contribution in [-0.2, 0) is 0 Å². The summed E-state index contributed by atoms with van der Waals surface area (Å²) in [6.45, 7) is 0. The summed E-state index contributed by atoms with van der Waals surface area (Å²) in [6, 6.07) is 9.15. The Kier molecular flexibility index (Phi) is 4.66. The molecule has 0 spiro atoms. The normalized spacial score (nSPS) is 11.7. The molecule has 0 saturated heterocycles. The number of aromatic nitrogens is 2. The first-order chi connectivity index (χ1) is 9.69. The van der Waals surface area contributed by atoms with E-state index in [1.165, 1.54) is 11.8 Å². The Bertz CT molecular complexity index is 666. The lowest BCUT2D eigenvalue weighted by molar-refractivity contribution is 0.409. The molecule has 0 aliphatic heterocycles. The van der Waals surface area contributed by atoms with Crippen molar-refractivity contribution in [3.63, 3.8) is 0 Å². The molecule has 2 aromatic rings. The first-order valence-corrected chi connectivity index (χ1v) is 7.26. The third-order valence-corrected chi connectivity index (χ3v) is 3.58. The van der Waals surface area contributed by atoms with E-state index in [9.17, 15) is 5.26 Å². The number of allylic oxidation sites excluding steroid dienone is 1. The molecule has 0 unspecified atom stereocenters. The van der Waals surface area contributed by atoms with Crippen LogP contribution in [-0.4, -0.2) is 23.4 Å². The van der Waals surface area contributed by atoms with E-state index in [2.05, 4.69) is 21.5 Å². The Morgan fingerprint density at radius 2 is 2.10 bits per heavy atom. The lowest BCUT2D eigenvalue weighted by Crippen LogP contribution is -2.04. The highest BCUT2D eigenvalue weighted by Crippen LogP contribution is 2.24. The van der Waals surface area contributed by atoms with E-state index in [4.69, 9.17) is 16.1 Å². The predicted octanol–water partition coefficient (Wildman–Crippen LogP) is 3.16. The average Bonchev–Trinajstić information content (AvgIpc) is 2.94. The van der Waals surface area contributed by atoms with Crippen molar-refractivity contribution in [3.8, 4) is 17.5 Å². The maximum atomic E-state index is 9.22. The van der Waals surface area contributed by atoms with E-state index in [-0.39, 0.29) is 5.89 Å². The Hall–Kier alpha value is -1.97. The van der Waals surface area contributed by atoms with Gasteiger partial charge in [-0.1, -0.05) is 16.8 Å². The summed E-state index contributed by atoms with van der Waals surface area (Å²) in [5.74, 6) is 0.608. The van der Waals surface area contributed by atoms with Crippen molar-refractivity contribution in [2.24, 2.45) is 0 Å². The van der Waals surface area contributed by atoms with Crippen molar-refractivity contribution in [1.29, 1.82) is 5.26 Å². The quantitative estimate of drug-likeness (QED) is 0.875. The van der Waals surface area contributed by atoms with Gasteiger partial charge >= 0.3 is 0 Å². The maximum absolute atomic E-state index is 9.22. The van der Waals surface area contributed by atoms with Gasteiger partial charge in [0.15, 0.2) is 0 Å². The zero-order valence-electron chi connectivity index (χ0n) is 10.8. The number of hydrogen-bond donors (Lipinski definition) is 1. The van der Waals surface area contributed by atoms with E-state index in [0.29, 0.717) is 21.4 Å². The molecule has 0 aliphatic carbocycles. The van der Waals surface area contributed by atoms with Gasteiger partial charge in [0, 0.05) is 17.6 Å². The Morgan fingerprint density at radius 3 is 2.65 bits per heavy atom. The van der Waals surface area contributed by atoms with Gasteiger partial charge in [-0.2, -0.15) is 10.2 Å². The van der Waals surface area contributed by atoms with Crippen molar-refractivity contribution in [1.82, 2.24) is 15.5 Å². The number of halogens is 1. The van der Waals surface area contributed by atoms with Crippen LogP contribution < -0.4 is 5.32 Å². The lowest BCUT2D eigenvalue weighted by Gasteiger charge is -2.02. The second-order valence-electron chi connectivity index (χ2n) is 3.70. The predicted molar refractivity (Wildman–Crippen MR) is 79.9 cm³/mol. The summed E-state index contributed by atoms with van der Waals surface area (Å²) in [7, 11) is 1.74. The molecule has 1 heterocycles. The van der Waals surface area contributed by atoms with E-state index >= 15 is 0 Å². The third-order valence-electron chi connectivity index (χ3n) is 2.51. The summed E-state index contributed by atoms with van der Waals surface area (Å²) in [5.41, 5.74) is 1.10. The molecule has 1 aromatic carbocycles. The Morgan fingerprint density at radius 1 is 1.40 bits per heavy atom. The van der Waals surface area contributed by atoms with Crippen molar-refractivity contribution >= 4 is 28.9 Å². The van der Waals surface area contributed by atoms with Crippen LogP contribution in [0.1, 0.15) is 5.89 Å². The molecule has 0 amide bonds. The highest BCUT2D eigenvalue weighted by Gasteiger charge is 2.16. The molecule has 7 heteroatoms. The van der Waals surface area contributed by atoms with Crippen molar-refractivity contribution in [2.45, 2.75) is 0 Å². The molecule has 20 heavy (non-hydrogen) atoms. The molecular weight excluding hydrogens is 296 g/mol. The fraction of sp³-hybridized carbons (Fsp3) is 0.154. The van der Waals surface area contributed by atoms with Crippen molar-refractivity contribution in [3.05, 3.63) is 40.2 Å². The minimum Gasteiger partial charge on any atom is -0.382 e. The molecule has 0 atom stereocenters. The van der Waals surface area contributed by atoms with Crippen LogP contribution in [0.5, 0.6) is 0 Å². The zero-order valence-corrected chi connectivity index (χ0v) is 12.4. The minimum atomic E-state index is 0.191.